The van der Waals surface area contributed by atoms with Gasteiger partial charge in [-0.2, -0.15) is 0 Å². The third-order valence-electron chi connectivity index (χ3n) is 5.42. The zero-order chi connectivity index (χ0) is 19.0. The molecule has 148 valence electrons. The van der Waals surface area contributed by atoms with E-state index in [9.17, 15) is 13.6 Å². The van der Waals surface area contributed by atoms with Crippen LogP contribution in [0.1, 0.15) is 35.4 Å². The molecule has 0 unspecified atom stereocenters. The lowest BCUT2D eigenvalue weighted by atomic mass is 10.1. The van der Waals surface area contributed by atoms with Gasteiger partial charge in [0.1, 0.15) is 0 Å². The second-order valence-corrected chi connectivity index (χ2v) is 8.45. The van der Waals surface area contributed by atoms with Crippen LogP contribution in [-0.2, 0) is 6.54 Å². The van der Waals surface area contributed by atoms with Crippen LogP contribution in [0.5, 0.6) is 0 Å². The summed E-state index contributed by atoms with van der Waals surface area (Å²) in [5, 5.41) is 1.91. The number of likely N-dealkylation sites (N-methyl/N-ethyl adjacent to an activating group) is 1. The predicted octanol–water partition coefficient (Wildman–Crippen LogP) is 2.40. The van der Waals surface area contributed by atoms with Crippen LogP contribution in [0.2, 0.25) is 0 Å². The Morgan fingerprint density at radius 3 is 2.89 bits per heavy atom. The number of carbonyl (C=O) groups excluding carboxylic acids is 1. The molecule has 2 aliphatic rings. The van der Waals surface area contributed by atoms with Gasteiger partial charge in [0.05, 0.1) is 12.2 Å². The fourth-order valence-corrected chi connectivity index (χ4v) is 4.68. The molecule has 0 aromatic carbocycles. The third-order valence-corrected chi connectivity index (χ3v) is 6.17. The minimum absolute atomic E-state index is 0.0587. The number of rotatable bonds is 3. The first-order valence-corrected chi connectivity index (χ1v) is 10.3. The van der Waals surface area contributed by atoms with Gasteiger partial charge in [0.2, 0.25) is 0 Å². The van der Waals surface area contributed by atoms with Gasteiger partial charge in [-0.15, -0.1) is 11.3 Å². The molecular formula is C18H25F2N5OS. The maximum Gasteiger partial charge on any atom is 0.274 e. The fraction of sp³-hybridized carbons (Fsp3) is 0.667. The summed E-state index contributed by atoms with van der Waals surface area (Å²) >= 11 is 1.46. The van der Waals surface area contributed by atoms with Crippen molar-refractivity contribution in [1.29, 1.82) is 0 Å². The molecule has 0 spiro atoms. The molecule has 0 atom stereocenters. The summed E-state index contributed by atoms with van der Waals surface area (Å²) in [4.78, 5) is 24.3. The summed E-state index contributed by atoms with van der Waals surface area (Å²) in [6.45, 7) is 3.86. The molecule has 9 heteroatoms. The lowest BCUT2D eigenvalue weighted by Gasteiger charge is -2.32. The van der Waals surface area contributed by atoms with Gasteiger partial charge in [-0.1, -0.05) is 0 Å². The Bertz CT molecular complexity index is 820. The van der Waals surface area contributed by atoms with Gasteiger partial charge >= 0.3 is 0 Å². The number of hydrogen-bond donors (Lipinski definition) is 0. The molecule has 0 N–H and O–H groups in total. The Kier molecular flexibility index (Phi) is 5.17. The minimum atomic E-state index is -2.66. The fourth-order valence-electron chi connectivity index (χ4n) is 3.95. The number of imidazole rings is 1. The maximum absolute atomic E-state index is 13.8. The molecule has 0 saturated carbocycles. The van der Waals surface area contributed by atoms with Crippen molar-refractivity contribution in [2.75, 3.05) is 46.3 Å². The third kappa shape index (κ3) is 4.00. The van der Waals surface area contributed by atoms with E-state index in [-0.39, 0.29) is 18.9 Å². The van der Waals surface area contributed by atoms with E-state index < -0.39 is 5.92 Å². The van der Waals surface area contributed by atoms with E-state index >= 15 is 0 Å². The van der Waals surface area contributed by atoms with Crippen molar-refractivity contribution in [3.8, 4) is 0 Å². The van der Waals surface area contributed by atoms with Crippen LogP contribution >= 0.6 is 11.3 Å². The molecular weight excluding hydrogens is 372 g/mol. The highest BCUT2D eigenvalue weighted by atomic mass is 32.1. The molecule has 2 aliphatic heterocycles. The second kappa shape index (κ2) is 7.44. The molecule has 0 aliphatic carbocycles. The number of fused-ring (bicyclic) bond motifs is 1. The molecule has 0 bridgehead atoms. The van der Waals surface area contributed by atoms with Crippen LogP contribution in [0.15, 0.2) is 11.6 Å². The lowest BCUT2D eigenvalue weighted by Crippen LogP contribution is -2.42. The van der Waals surface area contributed by atoms with Gasteiger partial charge < -0.3 is 9.80 Å². The summed E-state index contributed by atoms with van der Waals surface area (Å²) < 4.78 is 29.5. The van der Waals surface area contributed by atoms with Gasteiger partial charge in [-0.3, -0.25) is 14.1 Å². The summed E-state index contributed by atoms with van der Waals surface area (Å²) in [7, 11) is 2.06. The van der Waals surface area contributed by atoms with Gasteiger partial charge in [0, 0.05) is 44.2 Å². The Hall–Kier alpha value is -1.58. The van der Waals surface area contributed by atoms with E-state index in [0.717, 1.165) is 30.2 Å². The van der Waals surface area contributed by atoms with Crippen molar-refractivity contribution in [3.05, 3.63) is 23.0 Å². The number of aromatic nitrogens is 2. The van der Waals surface area contributed by atoms with Crippen LogP contribution in [0.3, 0.4) is 0 Å². The zero-order valence-electron chi connectivity index (χ0n) is 15.5. The van der Waals surface area contributed by atoms with Crippen LogP contribution in [0.25, 0.3) is 4.96 Å². The van der Waals surface area contributed by atoms with Crippen LogP contribution in [0.4, 0.5) is 8.78 Å². The van der Waals surface area contributed by atoms with Gasteiger partial charge in [-0.05, 0) is 33.0 Å². The van der Waals surface area contributed by atoms with Crippen molar-refractivity contribution in [2.45, 2.75) is 31.7 Å². The number of nitrogens with zero attached hydrogens (tertiary/aromatic N) is 5. The molecule has 27 heavy (non-hydrogen) atoms. The number of carbonyl (C=O) groups is 1. The number of likely N-dealkylation sites (tertiary alicyclic amines) is 1. The van der Waals surface area contributed by atoms with E-state index in [1.807, 2.05) is 20.9 Å². The summed E-state index contributed by atoms with van der Waals surface area (Å²) in [5.41, 5.74) is 1.15. The highest BCUT2D eigenvalue weighted by Crippen LogP contribution is 2.29. The normalized spacial score (nSPS) is 22.3. The quantitative estimate of drug-likeness (QED) is 0.798. The average molecular weight is 397 g/mol. The Morgan fingerprint density at radius 2 is 2.07 bits per heavy atom. The van der Waals surface area contributed by atoms with E-state index in [0.29, 0.717) is 38.3 Å². The predicted molar refractivity (Wildman–Crippen MR) is 101 cm³/mol. The Morgan fingerprint density at radius 1 is 1.22 bits per heavy atom. The molecule has 6 nitrogen and oxygen atoms in total. The van der Waals surface area contributed by atoms with Gasteiger partial charge in [0.15, 0.2) is 10.7 Å². The number of alkyl halides is 2. The van der Waals surface area contributed by atoms with Crippen LogP contribution in [-0.4, -0.2) is 82.2 Å². The first-order chi connectivity index (χ1) is 12.9. The maximum atomic E-state index is 13.8. The van der Waals surface area contributed by atoms with E-state index in [1.54, 1.807) is 4.90 Å². The lowest BCUT2D eigenvalue weighted by molar-refractivity contribution is -0.0664. The minimum Gasteiger partial charge on any atom is -0.336 e. The molecule has 2 saturated heterocycles. The van der Waals surface area contributed by atoms with Crippen LogP contribution < -0.4 is 0 Å². The first-order valence-electron chi connectivity index (χ1n) is 9.45. The molecule has 4 rings (SSSR count). The smallest absolute Gasteiger partial charge is 0.274 e. The van der Waals surface area contributed by atoms with E-state index in [4.69, 9.17) is 0 Å². The van der Waals surface area contributed by atoms with Gasteiger partial charge in [0.25, 0.3) is 11.8 Å². The van der Waals surface area contributed by atoms with Crippen LogP contribution in [0, 0.1) is 0 Å². The SMILES string of the molecule is CN1CCCN(C(=O)c2nc3sccn3c2CN2CCCC(F)(F)C2)CC1. The van der Waals surface area contributed by atoms with Crippen molar-refractivity contribution < 1.29 is 13.6 Å². The summed E-state index contributed by atoms with van der Waals surface area (Å²) in [6.07, 6.45) is 3.21. The Labute approximate surface area is 161 Å². The van der Waals surface area contributed by atoms with Crippen molar-refractivity contribution >= 4 is 22.2 Å². The van der Waals surface area contributed by atoms with Crippen molar-refractivity contribution in [1.82, 2.24) is 24.1 Å². The monoisotopic (exact) mass is 397 g/mol. The summed E-state index contributed by atoms with van der Waals surface area (Å²) in [6, 6.07) is 0. The first kappa shape index (κ1) is 18.8. The highest BCUT2D eigenvalue weighted by Gasteiger charge is 2.36. The van der Waals surface area contributed by atoms with Crippen molar-refractivity contribution in [3.63, 3.8) is 0 Å². The largest absolute Gasteiger partial charge is 0.336 e. The number of halogens is 2. The van der Waals surface area contributed by atoms with Crippen molar-refractivity contribution in [2.24, 2.45) is 0 Å². The molecule has 2 fully saturated rings. The Balaban J connectivity index is 1.60. The van der Waals surface area contributed by atoms with Gasteiger partial charge in [-0.25, -0.2) is 13.8 Å². The summed E-state index contributed by atoms with van der Waals surface area (Å²) in [5.74, 6) is -2.74. The zero-order valence-corrected chi connectivity index (χ0v) is 16.4. The molecule has 2 aromatic heterocycles. The molecule has 0 radical (unpaired) electrons. The number of piperidine rings is 1. The highest BCUT2D eigenvalue weighted by molar-refractivity contribution is 7.15. The average Bonchev–Trinajstić information content (AvgIpc) is 3.12. The standard InChI is InChI=1S/C18H25F2N5OS/c1-22-5-3-7-24(9-8-22)16(26)15-14(25-10-11-27-17(25)21-15)12-23-6-2-4-18(19,20)13-23/h10-11H,2-9,12-13H2,1H3. The molecule has 4 heterocycles. The van der Waals surface area contributed by atoms with E-state index in [1.165, 1.54) is 11.3 Å². The van der Waals surface area contributed by atoms with E-state index in [2.05, 4.69) is 16.9 Å². The second-order valence-electron chi connectivity index (χ2n) is 7.58. The molecule has 1 amide bonds. The molecule has 2 aromatic rings. The number of hydrogen-bond acceptors (Lipinski definition) is 5. The number of amides is 1. The topological polar surface area (TPSA) is 44.1 Å². The number of thiazole rings is 1.